The van der Waals surface area contributed by atoms with Crippen molar-refractivity contribution < 1.29 is 9.53 Å². The minimum atomic E-state index is -0.227. The van der Waals surface area contributed by atoms with Crippen LogP contribution in [0.3, 0.4) is 0 Å². The van der Waals surface area contributed by atoms with Gasteiger partial charge in [-0.2, -0.15) is 0 Å². The molecule has 112 valence electrons. The van der Waals surface area contributed by atoms with Crippen molar-refractivity contribution in [3.05, 3.63) is 35.9 Å². The summed E-state index contributed by atoms with van der Waals surface area (Å²) in [7, 11) is 5.60. The van der Waals surface area contributed by atoms with Crippen molar-refractivity contribution in [3.63, 3.8) is 0 Å². The minimum absolute atomic E-state index is 0.183. The van der Waals surface area contributed by atoms with Gasteiger partial charge in [0.25, 0.3) is 0 Å². The highest BCUT2D eigenvalue weighted by atomic mass is 16.5. The van der Waals surface area contributed by atoms with Gasteiger partial charge in [0.2, 0.25) is 0 Å². The number of hydrogen-bond acceptors (Lipinski definition) is 4. The van der Waals surface area contributed by atoms with Crippen molar-refractivity contribution in [2.45, 2.75) is 18.8 Å². The SMILES string of the molecule is COC(=O)C(CNCCCCN(C)C)c1ccccc1. The molecule has 1 aromatic rings. The van der Waals surface area contributed by atoms with Crippen LogP contribution >= 0.6 is 0 Å². The highest BCUT2D eigenvalue weighted by molar-refractivity contribution is 5.78. The Morgan fingerprint density at radius 2 is 1.95 bits per heavy atom. The Hall–Kier alpha value is -1.39. The van der Waals surface area contributed by atoms with E-state index in [1.54, 1.807) is 0 Å². The normalized spacial score (nSPS) is 12.4. The zero-order chi connectivity index (χ0) is 14.8. The molecule has 1 N–H and O–H groups in total. The number of rotatable bonds is 9. The van der Waals surface area contributed by atoms with E-state index < -0.39 is 0 Å². The number of esters is 1. The summed E-state index contributed by atoms with van der Waals surface area (Å²) in [6.07, 6.45) is 2.27. The molecule has 4 heteroatoms. The number of hydrogen-bond donors (Lipinski definition) is 1. The number of nitrogens with zero attached hydrogens (tertiary/aromatic N) is 1. The molecule has 0 aromatic heterocycles. The molecule has 4 nitrogen and oxygen atoms in total. The van der Waals surface area contributed by atoms with Crippen molar-refractivity contribution in [1.82, 2.24) is 10.2 Å². The fraction of sp³-hybridized carbons (Fsp3) is 0.562. The molecule has 1 aromatic carbocycles. The number of nitrogens with one attached hydrogen (secondary N) is 1. The second-order valence-electron chi connectivity index (χ2n) is 5.20. The Balaban J connectivity index is 2.37. The van der Waals surface area contributed by atoms with E-state index >= 15 is 0 Å². The molecule has 0 saturated carbocycles. The minimum Gasteiger partial charge on any atom is -0.469 e. The predicted octanol–water partition coefficient (Wildman–Crippen LogP) is 1.87. The number of carbonyl (C=O) groups is 1. The van der Waals surface area contributed by atoms with Gasteiger partial charge in [-0.15, -0.1) is 0 Å². The molecule has 0 fully saturated rings. The molecule has 0 radical (unpaired) electrons. The van der Waals surface area contributed by atoms with Gasteiger partial charge in [0.1, 0.15) is 0 Å². The molecule has 0 aliphatic heterocycles. The van der Waals surface area contributed by atoms with Crippen LogP contribution in [0.2, 0.25) is 0 Å². The van der Waals surface area contributed by atoms with Gasteiger partial charge in [-0.3, -0.25) is 4.79 Å². The summed E-state index contributed by atoms with van der Waals surface area (Å²) < 4.78 is 4.89. The van der Waals surface area contributed by atoms with Crippen LogP contribution in [0.5, 0.6) is 0 Å². The zero-order valence-corrected chi connectivity index (χ0v) is 12.8. The molecule has 1 unspecified atom stereocenters. The third kappa shape index (κ3) is 6.17. The maximum absolute atomic E-state index is 11.9. The van der Waals surface area contributed by atoms with Gasteiger partial charge in [0.05, 0.1) is 13.0 Å². The monoisotopic (exact) mass is 278 g/mol. The molecule has 20 heavy (non-hydrogen) atoms. The maximum Gasteiger partial charge on any atom is 0.314 e. The second-order valence-corrected chi connectivity index (χ2v) is 5.20. The highest BCUT2D eigenvalue weighted by Crippen LogP contribution is 2.16. The van der Waals surface area contributed by atoms with Crippen LogP contribution in [0.4, 0.5) is 0 Å². The van der Waals surface area contributed by atoms with E-state index in [4.69, 9.17) is 4.74 Å². The van der Waals surface area contributed by atoms with Gasteiger partial charge in [-0.25, -0.2) is 0 Å². The molecule has 0 saturated heterocycles. The average Bonchev–Trinajstić information content (AvgIpc) is 2.46. The van der Waals surface area contributed by atoms with Crippen LogP contribution in [-0.2, 0) is 9.53 Å². The summed E-state index contributed by atoms with van der Waals surface area (Å²) in [5.41, 5.74) is 1.00. The quantitative estimate of drug-likeness (QED) is 0.553. The topological polar surface area (TPSA) is 41.6 Å². The molecular formula is C16H26N2O2. The molecule has 0 amide bonds. The summed E-state index contributed by atoms with van der Waals surface area (Å²) in [5.74, 6) is -0.410. The fourth-order valence-corrected chi connectivity index (χ4v) is 2.09. The lowest BCUT2D eigenvalue weighted by Crippen LogP contribution is -2.28. The lowest BCUT2D eigenvalue weighted by Gasteiger charge is -2.16. The van der Waals surface area contributed by atoms with E-state index in [9.17, 15) is 4.79 Å². The van der Waals surface area contributed by atoms with Gasteiger partial charge in [-0.05, 0) is 45.6 Å². The zero-order valence-electron chi connectivity index (χ0n) is 12.8. The molecule has 1 rings (SSSR count). The Morgan fingerprint density at radius 3 is 2.55 bits per heavy atom. The lowest BCUT2D eigenvalue weighted by molar-refractivity contribution is -0.142. The third-order valence-electron chi connectivity index (χ3n) is 3.24. The van der Waals surface area contributed by atoms with E-state index in [0.29, 0.717) is 6.54 Å². The summed E-state index contributed by atoms with van der Waals surface area (Å²) in [5, 5.41) is 3.35. The summed E-state index contributed by atoms with van der Waals surface area (Å²) >= 11 is 0. The van der Waals surface area contributed by atoms with E-state index in [-0.39, 0.29) is 11.9 Å². The molecule has 0 spiro atoms. The van der Waals surface area contributed by atoms with Crippen LogP contribution in [0.15, 0.2) is 30.3 Å². The molecule has 0 aliphatic carbocycles. The fourth-order valence-electron chi connectivity index (χ4n) is 2.09. The second kappa shape index (κ2) is 9.50. The number of carbonyl (C=O) groups excluding carboxylic acids is 1. The first kappa shape index (κ1) is 16.7. The van der Waals surface area contributed by atoms with Gasteiger partial charge in [0, 0.05) is 6.54 Å². The Morgan fingerprint density at radius 1 is 1.25 bits per heavy atom. The summed E-state index contributed by atoms with van der Waals surface area (Å²) in [4.78, 5) is 14.0. The summed E-state index contributed by atoms with van der Waals surface area (Å²) in [6, 6.07) is 9.78. The Bertz CT molecular complexity index is 379. The predicted molar refractivity (Wildman–Crippen MR) is 81.9 cm³/mol. The van der Waals surface area contributed by atoms with Crippen LogP contribution in [0, 0.1) is 0 Å². The molecule has 0 bridgehead atoms. The first-order valence-corrected chi connectivity index (χ1v) is 7.13. The van der Waals surface area contributed by atoms with E-state index in [1.165, 1.54) is 7.11 Å². The summed E-state index contributed by atoms with van der Waals surface area (Å²) in [6.45, 7) is 2.65. The first-order valence-electron chi connectivity index (χ1n) is 7.13. The first-order chi connectivity index (χ1) is 9.65. The van der Waals surface area contributed by atoms with E-state index in [1.807, 2.05) is 30.3 Å². The highest BCUT2D eigenvalue weighted by Gasteiger charge is 2.20. The van der Waals surface area contributed by atoms with Crippen molar-refractivity contribution in [2.24, 2.45) is 0 Å². The Labute approximate surface area is 122 Å². The standard InChI is InChI=1S/C16H26N2O2/c1-18(2)12-8-7-11-17-13-15(16(19)20-3)14-9-5-4-6-10-14/h4-6,9-10,15,17H,7-8,11-13H2,1-3H3. The third-order valence-corrected chi connectivity index (χ3v) is 3.24. The van der Waals surface area contributed by atoms with Gasteiger partial charge in [0.15, 0.2) is 0 Å². The van der Waals surface area contributed by atoms with Crippen LogP contribution in [0.1, 0.15) is 24.3 Å². The molecular weight excluding hydrogens is 252 g/mol. The maximum atomic E-state index is 11.9. The van der Waals surface area contributed by atoms with Crippen molar-refractivity contribution in [2.75, 3.05) is 40.8 Å². The molecule has 0 heterocycles. The number of unbranched alkanes of at least 4 members (excludes halogenated alkanes) is 1. The van der Waals surface area contributed by atoms with Crippen molar-refractivity contribution in [3.8, 4) is 0 Å². The van der Waals surface area contributed by atoms with Crippen molar-refractivity contribution in [1.29, 1.82) is 0 Å². The van der Waals surface area contributed by atoms with Crippen LogP contribution in [0.25, 0.3) is 0 Å². The Kier molecular flexibility index (Phi) is 7.92. The number of ether oxygens (including phenoxy) is 1. The van der Waals surface area contributed by atoms with Crippen molar-refractivity contribution >= 4 is 5.97 Å². The molecule has 0 aliphatic rings. The average molecular weight is 278 g/mol. The number of methoxy groups -OCH3 is 1. The smallest absolute Gasteiger partial charge is 0.314 e. The van der Waals surface area contributed by atoms with Gasteiger partial charge in [-0.1, -0.05) is 30.3 Å². The van der Waals surface area contributed by atoms with E-state index in [2.05, 4.69) is 24.3 Å². The van der Waals surface area contributed by atoms with Crippen LogP contribution < -0.4 is 5.32 Å². The van der Waals surface area contributed by atoms with E-state index in [0.717, 1.165) is 31.5 Å². The largest absolute Gasteiger partial charge is 0.469 e. The van der Waals surface area contributed by atoms with Crippen LogP contribution in [-0.4, -0.2) is 51.7 Å². The lowest BCUT2D eigenvalue weighted by atomic mass is 9.99. The number of benzene rings is 1. The van der Waals surface area contributed by atoms with Gasteiger partial charge >= 0.3 is 5.97 Å². The molecule has 1 atom stereocenters. The van der Waals surface area contributed by atoms with Gasteiger partial charge < -0.3 is 15.0 Å².